The number of benzene rings is 1. The lowest BCUT2D eigenvalue weighted by Crippen LogP contribution is -2.01. The van der Waals surface area contributed by atoms with E-state index in [-0.39, 0.29) is 0 Å². The van der Waals surface area contributed by atoms with Crippen molar-refractivity contribution in [3.8, 4) is 11.6 Å². The number of nitrogens with zero attached hydrogens (tertiary/aromatic N) is 1. The number of aromatic nitrogens is 1. The minimum absolute atomic E-state index is 0.381. The Morgan fingerprint density at radius 1 is 1.24 bits per heavy atom. The average Bonchev–Trinajstić information content (AvgIpc) is 2.34. The van der Waals surface area contributed by atoms with E-state index in [0.717, 1.165) is 20.3 Å². The molecule has 0 saturated heterocycles. The van der Waals surface area contributed by atoms with Gasteiger partial charge in [0.1, 0.15) is 5.75 Å². The molecule has 0 radical (unpaired) electrons. The van der Waals surface area contributed by atoms with Gasteiger partial charge in [0.05, 0.1) is 4.47 Å². The van der Waals surface area contributed by atoms with Gasteiger partial charge in [-0.1, -0.05) is 12.1 Å². The third-order valence-corrected chi connectivity index (χ3v) is 3.24. The maximum absolute atomic E-state index is 5.73. The van der Waals surface area contributed by atoms with Gasteiger partial charge in [-0.3, -0.25) is 0 Å². The van der Waals surface area contributed by atoms with Crippen LogP contribution in [0.25, 0.3) is 0 Å². The maximum Gasteiger partial charge on any atom is 0.223 e. The lowest BCUT2D eigenvalue weighted by Gasteiger charge is -2.10. The molecule has 0 spiro atoms. The monoisotopic (exact) mass is 356 g/mol. The molecule has 0 amide bonds. The number of halogens is 2. The van der Waals surface area contributed by atoms with Crippen LogP contribution in [-0.4, -0.2) is 4.98 Å². The van der Waals surface area contributed by atoms with Crippen molar-refractivity contribution in [3.05, 3.63) is 51.0 Å². The molecule has 0 atom stereocenters. The van der Waals surface area contributed by atoms with Crippen LogP contribution in [-0.2, 0) is 6.54 Å². The van der Waals surface area contributed by atoms with Crippen molar-refractivity contribution < 1.29 is 4.74 Å². The second-order valence-electron chi connectivity index (χ2n) is 3.35. The van der Waals surface area contributed by atoms with Crippen molar-refractivity contribution in [2.24, 2.45) is 5.73 Å². The fourth-order valence-corrected chi connectivity index (χ4v) is 2.08. The second-order valence-corrected chi connectivity index (χ2v) is 5.12. The van der Waals surface area contributed by atoms with Crippen LogP contribution in [0.5, 0.6) is 11.6 Å². The molecular formula is C12H10Br2N2O. The number of para-hydroxylation sites is 1. The van der Waals surface area contributed by atoms with Crippen LogP contribution in [0.4, 0.5) is 0 Å². The molecule has 2 aromatic rings. The molecule has 0 aliphatic rings. The predicted molar refractivity (Wildman–Crippen MR) is 74.0 cm³/mol. The van der Waals surface area contributed by atoms with Gasteiger partial charge in [0.25, 0.3) is 0 Å². The minimum Gasteiger partial charge on any atom is -0.438 e. The highest BCUT2D eigenvalue weighted by Gasteiger charge is 2.08. The van der Waals surface area contributed by atoms with Crippen molar-refractivity contribution in [1.82, 2.24) is 4.98 Å². The van der Waals surface area contributed by atoms with Crippen molar-refractivity contribution in [3.63, 3.8) is 0 Å². The zero-order chi connectivity index (χ0) is 12.3. The molecule has 17 heavy (non-hydrogen) atoms. The molecule has 0 unspecified atom stereocenters. The molecule has 0 saturated carbocycles. The zero-order valence-corrected chi connectivity index (χ0v) is 12.0. The second kappa shape index (κ2) is 5.62. The summed E-state index contributed by atoms with van der Waals surface area (Å²) in [4.78, 5) is 4.22. The molecule has 1 aromatic heterocycles. The summed E-state index contributed by atoms with van der Waals surface area (Å²) in [6.07, 6.45) is 1.69. The van der Waals surface area contributed by atoms with E-state index in [2.05, 4.69) is 36.8 Å². The largest absolute Gasteiger partial charge is 0.438 e. The molecule has 0 fully saturated rings. The Labute approximate surface area is 116 Å². The number of nitrogens with two attached hydrogens (primary N) is 1. The van der Waals surface area contributed by atoms with Gasteiger partial charge in [0, 0.05) is 22.8 Å². The van der Waals surface area contributed by atoms with Gasteiger partial charge in [0.2, 0.25) is 5.88 Å². The molecule has 5 heteroatoms. The molecule has 0 aliphatic heterocycles. The number of rotatable bonds is 3. The van der Waals surface area contributed by atoms with Gasteiger partial charge in [-0.15, -0.1) is 0 Å². The Morgan fingerprint density at radius 2 is 2.00 bits per heavy atom. The molecule has 1 heterocycles. The average molecular weight is 358 g/mol. The van der Waals surface area contributed by atoms with E-state index in [1.807, 2.05) is 30.3 Å². The topological polar surface area (TPSA) is 48.1 Å². The summed E-state index contributed by atoms with van der Waals surface area (Å²) in [5.41, 5.74) is 6.52. The Morgan fingerprint density at radius 3 is 2.71 bits per heavy atom. The summed E-state index contributed by atoms with van der Waals surface area (Å²) < 4.78 is 7.50. The number of pyridine rings is 1. The summed E-state index contributed by atoms with van der Waals surface area (Å²) in [5, 5.41) is 0. The first kappa shape index (κ1) is 12.5. The van der Waals surface area contributed by atoms with Crippen molar-refractivity contribution in [2.75, 3.05) is 0 Å². The van der Waals surface area contributed by atoms with E-state index in [1.165, 1.54) is 0 Å². The fraction of sp³-hybridized carbons (Fsp3) is 0.0833. The SMILES string of the molecule is NCc1cc(Br)cnc1Oc1ccccc1Br. The number of ether oxygens (including phenoxy) is 1. The molecule has 88 valence electrons. The van der Waals surface area contributed by atoms with E-state index in [9.17, 15) is 0 Å². The normalized spacial score (nSPS) is 10.3. The van der Waals surface area contributed by atoms with Crippen LogP contribution in [0.3, 0.4) is 0 Å². The van der Waals surface area contributed by atoms with E-state index in [0.29, 0.717) is 12.4 Å². The quantitative estimate of drug-likeness (QED) is 0.907. The lowest BCUT2D eigenvalue weighted by atomic mass is 10.3. The fourth-order valence-electron chi connectivity index (χ4n) is 1.34. The third-order valence-electron chi connectivity index (χ3n) is 2.16. The van der Waals surface area contributed by atoms with E-state index in [4.69, 9.17) is 10.5 Å². The van der Waals surface area contributed by atoms with Crippen LogP contribution in [0.2, 0.25) is 0 Å². The van der Waals surface area contributed by atoms with E-state index >= 15 is 0 Å². The van der Waals surface area contributed by atoms with Crippen LogP contribution >= 0.6 is 31.9 Å². The smallest absolute Gasteiger partial charge is 0.223 e. The maximum atomic E-state index is 5.73. The highest BCUT2D eigenvalue weighted by atomic mass is 79.9. The molecule has 2 rings (SSSR count). The first-order valence-corrected chi connectivity index (χ1v) is 6.56. The third kappa shape index (κ3) is 3.06. The van der Waals surface area contributed by atoms with E-state index < -0.39 is 0 Å². The minimum atomic E-state index is 0.381. The van der Waals surface area contributed by atoms with Gasteiger partial charge in [-0.05, 0) is 50.1 Å². The van der Waals surface area contributed by atoms with Crippen molar-refractivity contribution in [2.45, 2.75) is 6.54 Å². The summed E-state index contributed by atoms with van der Waals surface area (Å²) >= 11 is 6.78. The van der Waals surface area contributed by atoms with Gasteiger partial charge in [0.15, 0.2) is 0 Å². The predicted octanol–water partition coefficient (Wildman–Crippen LogP) is 3.86. The van der Waals surface area contributed by atoms with Crippen molar-refractivity contribution >= 4 is 31.9 Å². The summed E-state index contributed by atoms with van der Waals surface area (Å²) in [6, 6.07) is 9.51. The van der Waals surface area contributed by atoms with Gasteiger partial charge >= 0.3 is 0 Å². The highest BCUT2D eigenvalue weighted by Crippen LogP contribution is 2.30. The first-order chi connectivity index (χ1) is 8.20. The lowest BCUT2D eigenvalue weighted by molar-refractivity contribution is 0.453. The Bertz CT molecular complexity index is 532. The van der Waals surface area contributed by atoms with Gasteiger partial charge in [-0.25, -0.2) is 4.98 Å². The Kier molecular flexibility index (Phi) is 4.15. The Hall–Kier alpha value is -0.910. The Balaban J connectivity index is 2.33. The van der Waals surface area contributed by atoms with Crippen LogP contribution in [0.15, 0.2) is 45.5 Å². The van der Waals surface area contributed by atoms with E-state index in [1.54, 1.807) is 6.20 Å². The van der Waals surface area contributed by atoms with Crippen LogP contribution in [0, 0.1) is 0 Å². The standard InChI is InChI=1S/C12H10Br2N2O/c13-9-5-8(6-15)12(16-7-9)17-11-4-2-1-3-10(11)14/h1-5,7H,6,15H2. The number of hydrogen-bond donors (Lipinski definition) is 1. The zero-order valence-electron chi connectivity index (χ0n) is 8.86. The van der Waals surface area contributed by atoms with Crippen molar-refractivity contribution in [1.29, 1.82) is 0 Å². The molecule has 0 bridgehead atoms. The molecule has 3 nitrogen and oxygen atoms in total. The summed E-state index contributed by atoms with van der Waals surface area (Å²) in [6.45, 7) is 0.381. The molecule has 0 aliphatic carbocycles. The molecule has 1 aromatic carbocycles. The molecule has 2 N–H and O–H groups in total. The summed E-state index contributed by atoms with van der Waals surface area (Å²) in [5.74, 6) is 1.25. The van der Waals surface area contributed by atoms with Gasteiger partial charge in [-0.2, -0.15) is 0 Å². The van der Waals surface area contributed by atoms with Crippen LogP contribution < -0.4 is 10.5 Å². The number of hydrogen-bond acceptors (Lipinski definition) is 3. The molecular weight excluding hydrogens is 348 g/mol. The van der Waals surface area contributed by atoms with Crippen LogP contribution in [0.1, 0.15) is 5.56 Å². The first-order valence-electron chi connectivity index (χ1n) is 4.97. The highest BCUT2D eigenvalue weighted by molar-refractivity contribution is 9.10. The summed E-state index contributed by atoms with van der Waals surface area (Å²) in [7, 11) is 0. The van der Waals surface area contributed by atoms with Gasteiger partial charge < -0.3 is 10.5 Å².